The van der Waals surface area contributed by atoms with Crippen molar-refractivity contribution in [3.05, 3.63) is 26.2 Å². The zero-order valence-electron chi connectivity index (χ0n) is 6.46. The van der Waals surface area contributed by atoms with Crippen molar-refractivity contribution in [3.8, 4) is 0 Å². The van der Waals surface area contributed by atoms with Gasteiger partial charge in [-0.25, -0.2) is 10.5 Å². The van der Waals surface area contributed by atoms with Crippen LogP contribution in [0.1, 0.15) is 0 Å². The van der Waals surface area contributed by atoms with Gasteiger partial charge < -0.3 is 5.73 Å². The number of hydrogen-bond donors (Lipinski definition) is 3. The van der Waals surface area contributed by atoms with Crippen molar-refractivity contribution >= 4 is 50.2 Å². The number of benzene rings is 1. The zero-order valence-corrected chi connectivity index (χ0v) is 10.2. The van der Waals surface area contributed by atoms with E-state index in [-0.39, 0.29) is 5.96 Å². The molecule has 0 amide bonds. The van der Waals surface area contributed by atoms with Crippen LogP contribution in [-0.4, -0.2) is 11.2 Å². The number of halogens is 2. The van der Waals surface area contributed by atoms with Gasteiger partial charge in [0.25, 0.3) is 0 Å². The molecule has 0 bridgehead atoms. The second-order valence-corrected chi connectivity index (χ2v) is 4.22. The summed E-state index contributed by atoms with van der Waals surface area (Å²) in [6.45, 7) is 0. The van der Waals surface area contributed by atoms with Crippen LogP contribution in [0.25, 0.3) is 0 Å². The minimum Gasteiger partial charge on any atom is -0.368 e. The van der Waals surface area contributed by atoms with Crippen LogP contribution in [0.15, 0.2) is 27.7 Å². The van der Waals surface area contributed by atoms with E-state index >= 15 is 0 Å². The Morgan fingerprint density at radius 2 is 2.31 bits per heavy atom. The van der Waals surface area contributed by atoms with E-state index in [0.717, 1.165) is 8.04 Å². The van der Waals surface area contributed by atoms with E-state index in [9.17, 15) is 0 Å². The van der Waals surface area contributed by atoms with Crippen molar-refractivity contribution in [2.45, 2.75) is 0 Å². The summed E-state index contributed by atoms with van der Waals surface area (Å²) in [5.41, 5.74) is 7.70. The molecule has 0 aliphatic heterocycles. The summed E-state index contributed by atoms with van der Waals surface area (Å²) in [5, 5.41) is 8.40. The van der Waals surface area contributed by atoms with Gasteiger partial charge in [0, 0.05) is 8.04 Å². The normalized spacial score (nSPS) is 11.5. The summed E-state index contributed by atoms with van der Waals surface area (Å²) in [7, 11) is 0. The predicted molar refractivity (Wildman–Crippen MR) is 63.1 cm³/mol. The smallest absolute Gasteiger partial charge is 0.218 e. The van der Waals surface area contributed by atoms with Crippen LogP contribution in [0, 0.1) is 3.57 Å². The number of guanidine groups is 1. The SMILES string of the molecule is NC(=Nc1ccc(I)c(Br)c1)NO. The Morgan fingerprint density at radius 1 is 1.62 bits per heavy atom. The highest BCUT2D eigenvalue weighted by molar-refractivity contribution is 14.1. The lowest BCUT2D eigenvalue weighted by atomic mass is 10.3. The molecule has 1 aromatic carbocycles. The van der Waals surface area contributed by atoms with Gasteiger partial charge in [-0.2, -0.15) is 0 Å². The van der Waals surface area contributed by atoms with Gasteiger partial charge in [-0.15, -0.1) is 0 Å². The first-order valence-corrected chi connectivity index (χ1v) is 5.20. The Hall–Kier alpha value is -0.340. The van der Waals surface area contributed by atoms with E-state index in [2.05, 4.69) is 43.5 Å². The largest absolute Gasteiger partial charge is 0.368 e. The van der Waals surface area contributed by atoms with Crippen LogP contribution >= 0.6 is 38.5 Å². The summed E-state index contributed by atoms with van der Waals surface area (Å²) in [6, 6.07) is 5.51. The van der Waals surface area contributed by atoms with Gasteiger partial charge in [0.15, 0.2) is 0 Å². The average Bonchev–Trinajstić information content (AvgIpc) is 2.11. The fourth-order valence-electron chi connectivity index (χ4n) is 0.719. The summed E-state index contributed by atoms with van der Waals surface area (Å²) < 4.78 is 2.03. The molecule has 0 fully saturated rings. The summed E-state index contributed by atoms with van der Waals surface area (Å²) in [6.07, 6.45) is 0. The average molecular weight is 356 g/mol. The first-order chi connectivity index (χ1) is 6.13. The minimum atomic E-state index is -0.0342. The van der Waals surface area contributed by atoms with Crippen molar-refractivity contribution in [1.82, 2.24) is 5.48 Å². The van der Waals surface area contributed by atoms with E-state index in [0.29, 0.717) is 5.69 Å². The van der Waals surface area contributed by atoms with Crippen molar-refractivity contribution < 1.29 is 5.21 Å². The molecular weight excluding hydrogens is 349 g/mol. The first-order valence-electron chi connectivity index (χ1n) is 3.33. The quantitative estimate of drug-likeness (QED) is 0.312. The van der Waals surface area contributed by atoms with Gasteiger partial charge in [-0.05, 0) is 56.7 Å². The first kappa shape index (κ1) is 10.7. The minimum absolute atomic E-state index is 0.0342. The third kappa shape index (κ3) is 3.12. The molecule has 13 heavy (non-hydrogen) atoms. The Balaban J connectivity index is 2.98. The van der Waals surface area contributed by atoms with E-state index in [1.807, 2.05) is 12.1 Å². The molecule has 0 atom stereocenters. The number of nitrogens with one attached hydrogen (secondary N) is 1. The molecule has 0 aliphatic rings. The van der Waals surface area contributed by atoms with E-state index in [4.69, 9.17) is 10.9 Å². The van der Waals surface area contributed by atoms with Gasteiger partial charge in [0.05, 0.1) is 5.69 Å². The van der Waals surface area contributed by atoms with Crippen LogP contribution in [0.4, 0.5) is 5.69 Å². The zero-order chi connectivity index (χ0) is 9.84. The third-order valence-electron chi connectivity index (χ3n) is 1.27. The molecule has 70 valence electrons. The molecule has 4 nitrogen and oxygen atoms in total. The monoisotopic (exact) mass is 355 g/mol. The molecule has 1 rings (SSSR count). The van der Waals surface area contributed by atoms with Crippen LogP contribution < -0.4 is 11.2 Å². The number of nitrogens with zero attached hydrogens (tertiary/aromatic N) is 1. The van der Waals surface area contributed by atoms with Crippen molar-refractivity contribution in [3.63, 3.8) is 0 Å². The fraction of sp³-hybridized carbons (Fsp3) is 0. The number of hydrogen-bond acceptors (Lipinski definition) is 2. The van der Waals surface area contributed by atoms with E-state index < -0.39 is 0 Å². The van der Waals surface area contributed by atoms with Crippen molar-refractivity contribution in [1.29, 1.82) is 0 Å². The summed E-state index contributed by atoms with van der Waals surface area (Å²) in [5.74, 6) is -0.0342. The van der Waals surface area contributed by atoms with Gasteiger partial charge >= 0.3 is 0 Å². The molecule has 1 aromatic rings. The Morgan fingerprint density at radius 3 is 2.85 bits per heavy atom. The number of hydroxylamine groups is 1. The third-order valence-corrected chi connectivity index (χ3v) is 3.61. The van der Waals surface area contributed by atoms with Gasteiger partial charge in [0.1, 0.15) is 0 Å². The van der Waals surface area contributed by atoms with Crippen molar-refractivity contribution in [2.75, 3.05) is 0 Å². The highest BCUT2D eigenvalue weighted by atomic mass is 127. The lowest BCUT2D eigenvalue weighted by molar-refractivity contribution is 0.233. The highest BCUT2D eigenvalue weighted by Crippen LogP contribution is 2.24. The molecule has 6 heteroatoms. The van der Waals surface area contributed by atoms with Crippen LogP contribution in [0.3, 0.4) is 0 Å². The predicted octanol–water partition coefficient (Wildman–Crippen LogP) is 1.98. The van der Waals surface area contributed by atoms with Crippen molar-refractivity contribution in [2.24, 2.45) is 10.7 Å². The topological polar surface area (TPSA) is 70.6 Å². The van der Waals surface area contributed by atoms with Gasteiger partial charge in [-0.3, -0.25) is 5.21 Å². The molecule has 0 unspecified atom stereocenters. The maximum absolute atomic E-state index is 8.40. The molecule has 0 heterocycles. The highest BCUT2D eigenvalue weighted by Gasteiger charge is 1.97. The summed E-state index contributed by atoms with van der Waals surface area (Å²) >= 11 is 5.55. The molecule has 0 aliphatic carbocycles. The van der Waals surface area contributed by atoms with Gasteiger partial charge in [-0.1, -0.05) is 0 Å². The maximum Gasteiger partial charge on any atom is 0.218 e. The van der Waals surface area contributed by atoms with Gasteiger partial charge in [0.2, 0.25) is 5.96 Å². The molecule has 0 saturated carbocycles. The Labute approximate surface area is 97.5 Å². The van der Waals surface area contributed by atoms with Crippen LogP contribution in [0.5, 0.6) is 0 Å². The second kappa shape index (κ2) is 4.77. The molecule has 0 radical (unpaired) electrons. The number of nitrogens with two attached hydrogens (primary N) is 1. The Bertz CT molecular complexity index is 343. The number of aliphatic imine (C=N–C) groups is 1. The van der Waals surface area contributed by atoms with Crippen LogP contribution in [-0.2, 0) is 0 Å². The maximum atomic E-state index is 8.40. The van der Waals surface area contributed by atoms with Crippen LogP contribution in [0.2, 0.25) is 0 Å². The molecule has 0 spiro atoms. The molecular formula is C7H7BrIN3O. The fourth-order valence-corrected chi connectivity index (χ4v) is 1.42. The summed E-state index contributed by atoms with van der Waals surface area (Å²) in [4.78, 5) is 3.88. The van der Waals surface area contributed by atoms with E-state index in [1.54, 1.807) is 11.5 Å². The molecule has 0 aromatic heterocycles. The Kier molecular flexibility index (Phi) is 3.94. The second-order valence-electron chi connectivity index (χ2n) is 2.21. The number of rotatable bonds is 1. The standard InChI is InChI=1S/C7H7BrIN3O/c8-5-3-4(1-2-6(5)9)11-7(10)12-13/h1-3,13H,(H3,10,11,12). The lowest BCUT2D eigenvalue weighted by Gasteiger charge is -1.99. The lowest BCUT2D eigenvalue weighted by Crippen LogP contribution is -2.27. The van der Waals surface area contributed by atoms with E-state index in [1.165, 1.54) is 0 Å². The molecule has 4 N–H and O–H groups in total. The molecule has 0 saturated heterocycles.